The van der Waals surface area contributed by atoms with Crippen LogP contribution in [-0.2, 0) is 9.53 Å². The average Bonchev–Trinajstić information content (AvgIpc) is 2.64. The highest BCUT2D eigenvalue weighted by Gasteiger charge is 2.47. The molecular weight excluding hydrogens is 307 g/mol. The summed E-state index contributed by atoms with van der Waals surface area (Å²) in [5, 5.41) is 3.15. The van der Waals surface area contributed by atoms with Crippen molar-refractivity contribution in [2.24, 2.45) is 0 Å². The molecule has 9 heteroatoms. The Hall–Kier alpha value is -1.28. The summed E-state index contributed by atoms with van der Waals surface area (Å²) in [5.74, 6) is -2.67. The van der Waals surface area contributed by atoms with E-state index in [1.165, 1.54) is 5.38 Å². The second-order valence-electron chi connectivity index (χ2n) is 3.53. The number of rotatable bonds is 3. The molecule has 1 unspecified atom stereocenters. The number of nitrogens with one attached hydrogen (secondary N) is 1. The van der Waals surface area contributed by atoms with Crippen LogP contribution in [0, 0.1) is 6.92 Å². The Labute approximate surface area is 115 Å². The number of methoxy groups -OCH3 is 1. The van der Waals surface area contributed by atoms with Crippen molar-refractivity contribution in [2.45, 2.75) is 19.1 Å². The van der Waals surface area contributed by atoms with Crippen molar-refractivity contribution >= 4 is 34.8 Å². The van der Waals surface area contributed by atoms with Gasteiger partial charge in [0.05, 0.1) is 12.1 Å². The van der Waals surface area contributed by atoms with E-state index >= 15 is 0 Å². The van der Waals surface area contributed by atoms with Crippen molar-refractivity contribution in [3.05, 3.63) is 20.8 Å². The number of hydrogen-bond donors (Lipinski definition) is 1. The van der Waals surface area contributed by atoms with E-state index in [-0.39, 0.29) is 9.90 Å². The van der Waals surface area contributed by atoms with Crippen LogP contribution in [0.5, 0.6) is 0 Å². The quantitative estimate of drug-likeness (QED) is 0.872. The topological polar surface area (TPSA) is 55.4 Å². The number of amides is 1. The van der Waals surface area contributed by atoms with Crippen molar-refractivity contribution in [3.8, 4) is 0 Å². The van der Waals surface area contributed by atoms with Crippen LogP contribution in [0.3, 0.4) is 0 Å². The Morgan fingerprint density at radius 1 is 1.47 bits per heavy atom. The lowest BCUT2D eigenvalue weighted by Gasteiger charge is -2.18. The third kappa shape index (κ3) is 3.60. The third-order valence-corrected chi connectivity index (χ3v) is 3.84. The summed E-state index contributed by atoms with van der Waals surface area (Å²) in [6, 6.07) is -2.72. The first-order valence-electron chi connectivity index (χ1n) is 4.87. The number of ether oxygens (including phenoxy) is 1. The third-order valence-electron chi connectivity index (χ3n) is 2.14. The number of aryl methyl sites for hydroxylation is 1. The number of carbonyl (C=O) groups is 2. The maximum atomic E-state index is 12.6. The molecule has 0 aliphatic rings. The van der Waals surface area contributed by atoms with Crippen molar-refractivity contribution in [1.29, 1.82) is 0 Å². The summed E-state index contributed by atoms with van der Waals surface area (Å²) in [7, 11) is 0.801. The van der Waals surface area contributed by atoms with Crippen LogP contribution in [0.4, 0.5) is 13.2 Å². The van der Waals surface area contributed by atoms with Crippen molar-refractivity contribution < 1.29 is 27.5 Å². The van der Waals surface area contributed by atoms with Crippen LogP contribution in [0.15, 0.2) is 5.38 Å². The fourth-order valence-electron chi connectivity index (χ4n) is 1.17. The summed E-state index contributed by atoms with van der Waals surface area (Å²) in [6.07, 6.45) is -4.94. The van der Waals surface area contributed by atoms with Crippen LogP contribution in [0.1, 0.15) is 15.2 Å². The molecule has 0 fully saturated rings. The van der Waals surface area contributed by atoms with Gasteiger partial charge in [-0.2, -0.15) is 13.2 Å². The molecule has 0 saturated heterocycles. The largest absolute Gasteiger partial charge is 0.467 e. The highest BCUT2D eigenvalue weighted by molar-refractivity contribution is 7.13. The van der Waals surface area contributed by atoms with Crippen LogP contribution in [-0.4, -0.2) is 31.2 Å². The predicted molar refractivity (Wildman–Crippen MR) is 63.4 cm³/mol. The van der Waals surface area contributed by atoms with Gasteiger partial charge in [0.15, 0.2) is 0 Å². The molecule has 1 rings (SSSR count). The zero-order valence-electron chi connectivity index (χ0n) is 9.80. The Balaban J connectivity index is 2.95. The molecule has 0 spiro atoms. The summed E-state index contributed by atoms with van der Waals surface area (Å²) in [4.78, 5) is 22.6. The van der Waals surface area contributed by atoms with E-state index in [9.17, 15) is 22.8 Å². The molecule has 0 aromatic carbocycles. The highest BCUT2D eigenvalue weighted by Crippen LogP contribution is 2.28. The first-order chi connectivity index (χ1) is 8.68. The standard InChI is InChI=1S/C10H9ClF3NO3S/c1-4-3-19-6(5(4)11)8(16)15-7(9(17)18-2)10(12,13)14/h3,7H,1-2H3,(H,15,16). The SMILES string of the molecule is COC(=O)C(NC(=O)c1scc(C)c1Cl)C(F)(F)F. The Morgan fingerprint density at radius 2 is 2.05 bits per heavy atom. The van der Waals surface area contributed by atoms with Crippen LogP contribution < -0.4 is 5.32 Å². The minimum atomic E-state index is -4.94. The fraction of sp³-hybridized carbons (Fsp3) is 0.400. The number of alkyl halides is 3. The number of halogens is 4. The van der Waals surface area contributed by atoms with Crippen molar-refractivity contribution in [3.63, 3.8) is 0 Å². The van der Waals surface area contributed by atoms with E-state index in [1.807, 2.05) is 0 Å². The van der Waals surface area contributed by atoms with Gasteiger partial charge in [0, 0.05) is 0 Å². The summed E-state index contributed by atoms with van der Waals surface area (Å²) >= 11 is 6.66. The van der Waals surface area contributed by atoms with Crippen LogP contribution >= 0.6 is 22.9 Å². The Bertz CT molecular complexity index is 501. The molecule has 106 valence electrons. The first-order valence-corrected chi connectivity index (χ1v) is 6.13. The summed E-state index contributed by atoms with van der Waals surface area (Å²) < 4.78 is 41.8. The molecule has 0 aliphatic heterocycles. The minimum absolute atomic E-state index is 0.0632. The van der Waals surface area contributed by atoms with Crippen molar-refractivity contribution in [2.75, 3.05) is 7.11 Å². The van der Waals surface area contributed by atoms with Crippen molar-refractivity contribution in [1.82, 2.24) is 5.32 Å². The molecule has 1 aromatic heterocycles. The average molecular weight is 316 g/mol. The minimum Gasteiger partial charge on any atom is -0.467 e. The van der Waals surface area contributed by atoms with Gasteiger partial charge < -0.3 is 10.1 Å². The molecule has 1 atom stereocenters. The summed E-state index contributed by atoms with van der Waals surface area (Å²) in [5.41, 5.74) is 0.568. The fourth-order valence-corrected chi connectivity index (χ4v) is 2.35. The van der Waals surface area contributed by atoms with E-state index < -0.39 is 24.1 Å². The van der Waals surface area contributed by atoms with Crippen LogP contribution in [0.2, 0.25) is 5.02 Å². The maximum Gasteiger partial charge on any atom is 0.419 e. The van der Waals surface area contributed by atoms with E-state index in [0.29, 0.717) is 5.56 Å². The lowest BCUT2D eigenvalue weighted by molar-refractivity contribution is -0.180. The van der Waals surface area contributed by atoms with Gasteiger partial charge in [0.1, 0.15) is 4.88 Å². The van der Waals surface area contributed by atoms with E-state index in [0.717, 1.165) is 18.4 Å². The zero-order valence-corrected chi connectivity index (χ0v) is 11.4. The Morgan fingerprint density at radius 3 is 2.42 bits per heavy atom. The molecule has 1 aromatic rings. The van der Waals surface area contributed by atoms with E-state index in [2.05, 4.69) is 4.74 Å². The molecule has 1 N–H and O–H groups in total. The van der Waals surface area contributed by atoms with E-state index in [4.69, 9.17) is 11.6 Å². The van der Waals surface area contributed by atoms with Crippen LogP contribution in [0.25, 0.3) is 0 Å². The molecule has 0 bridgehead atoms. The van der Waals surface area contributed by atoms with Gasteiger partial charge in [-0.25, -0.2) is 4.79 Å². The molecule has 4 nitrogen and oxygen atoms in total. The first kappa shape index (κ1) is 15.8. The zero-order chi connectivity index (χ0) is 14.8. The molecular formula is C10H9ClF3NO3S. The van der Waals surface area contributed by atoms with Gasteiger partial charge in [0.2, 0.25) is 6.04 Å². The lowest BCUT2D eigenvalue weighted by Crippen LogP contribution is -2.51. The van der Waals surface area contributed by atoms with Gasteiger partial charge >= 0.3 is 12.1 Å². The van der Waals surface area contributed by atoms with E-state index in [1.54, 1.807) is 12.2 Å². The second kappa shape index (κ2) is 5.79. The van der Waals surface area contributed by atoms with Gasteiger partial charge in [-0.15, -0.1) is 11.3 Å². The maximum absolute atomic E-state index is 12.6. The van der Waals surface area contributed by atoms with Gasteiger partial charge in [-0.05, 0) is 17.9 Å². The molecule has 1 heterocycles. The summed E-state index contributed by atoms with van der Waals surface area (Å²) in [6.45, 7) is 1.61. The monoisotopic (exact) mass is 315 g/mol. The highest BCUT2D eigenvalue weighted by atomic mass is 35.5. The predicted octanol–water partition coefficient (Wildman–Crippen LogP) is 2.54. The normalized spacial score (nSPS) is 12.9. The number of thiophene rings is 1. The molecule has 0 aliphatic carbocycles. The number of carbonyl (C=O) groups excluding carboxylic acids is 2. The molecule has 1 amide bonds. The lowest BCUT2D eigenvalue weighted by atomic mass is 10.2. The number of hydrogen-bond acceptors (Lipinski definition) is 4. The number of esters is 1. The van der Waals surface area contributed by atoms with Gasteiger partial charge in [-0.3, -0.25) is 4.79 Å². The molecule has 0 saturated carbocycles. The smallest absolute Gasteiger partial charge is 0.419 e. The van der Waals surface area contributed by atoms with Gasteiger partial charge in [-0.1, -0.05) is 11.6 Å². The Kier molecular flexibility index (Phi) is 4.81. The molecule has 19 heavy (non-hydrogen) atoms. The molecule has 0 radical (unpaired) electrons. The van der Waals surface area contributed by atoms with Gasteiger partial charge in [0.25, 0.3) is 5.91 Å². The second-order valence-corrected chi connectivity index (χ2v) is 4.79.